The van der Waals surface area contributed by atoms with Crippen LogP contribution in [0.3, 0.4) is 0 Å². The maximum absolute atomic E-state index is 5.78. The molecule has 0 heterocycles. The zero-order chi connectivity index (χ0) is 9.14. The highest BCUT2D eigenvalue weighted by Gasteiger charge is 2.02. The van der Waals surface area contributed by atoms with Crippen LogP contribution in [0.25, 0.3) is 0 Å². The van der Waals surface area contributed by atoms with E-state index >= 15 is 0 Å². The highest BCUT2D eigenvalue weighted by atomic mass is 127. The van der Waals surface area contributed by atoms with Crippen LogP contribution in [0.1, 0.15) is 31.0 Å². The summed E-state index contributed by atoms with van der Waals surface area (Å²) < 4.78 is 1.33. The Morgan fingerprint density at radius 1 is 1.50 bits per heavy atom. The van der Waals surface area contributed by atoms with Gasteiger partial charge < -0.3 is 5.73 Å². The number of benzene rings is 1. The summed E-state index contributed by atoms with van der Waals surface area (Å²) in [6.45, 7) is 4.18. The van der Waals surface area contributed by atoms with Crippen LogP contribution in [-0.4, -0.2) is 0 Å². The number of halogens is 1. The molecule has 0 bridgehead atoms. The lowest BCUT2D eigenvalue weighted by molar-refractivity contribution is 0.814. The summed E-state index contributed by atoms with van der Waals surface area (Å²) in [7, 11) is 0. The molecule has 66 valence electrons. The van der Waals surface area contributed by atoms with E-state index in [-0.39, 0.29) is 6.04 Å². The molecule has 0 radical (unpaired) electrons. The summed E-state index contributed by atoms with van der Waals surface area (Å²) >= 11 is 2.36. The highest BCUT2D eigenvalue weighted by Crippen LogP contribution is 2.18. The van der Waals surface area contributed by atoms with E-state index in [4.69, 9.17) is 5.73 Å². The molecule has 0 aliphatic carbocycles. The molecule has 1 aromatic rings. The van der Waals surface area contributed by atoms with E-state index in [1.165, 1.54) is 14.7 Å². The summed E-state index contributed by atoms with van der Waals surface area (Å²) in [6, 6.07) is 6.59. The summed E-state index contributed by atoms with van der Waals surface area (Å²) in [6.07, 6.45) is 1.08. The molecule has 1 aromatic carbocycles. The van der Waals surface area contributed by atoms with Crippen molar-refractivity contribution in [2.24, 2.45) is 5.73 Å². The van der Waals surface area contributed by atoms with Crippen LogP contribution < -0.4 is 5.73 Å². The molecular weight excluding hydrogens is 261 g/mol. The fourth-order valence-electron chi connectivity index (χ4n) is 1.15. The van der Waals surface area contributed by atoms with Gasteiger partial charge in [-0.2, -0.15) is 0 Å². The van der Waals surface area contributed by atoms with Gasteiger partial charge in [0.25, 0.3) is 0 Å². The van der Waals surface area contributed by atoms with Gasteiger partial charge in [-0.3, -0.25) is 0 Å². The number of nitrogens with two attached hydrogens (primary N) is 1. The first-order valence-electron chi connectivity index (χ1n) is 4.19. The molecule has 2 N–H and O–H groups in total. The van der Waals surface area contributed by atoms with Crippen LogP contribution in [0.2, 0.25) is 0 Å². The van der Waals surface area contributed by atoms with Gasteiger partial charge in [0.1, 0.15) is 0 Å². The zero-order valence-corrected chi connectivity index (χ0v) is 9.63. The predicted molar refractivity (Wildman–Crippen MR) is 61.1 cm³/mol. The molecule has 0 aromatic heterocycles. The smallest absolute Gasteiger partial charge is 0.0266 e. The molecule has 0 amide bonds. The molecule has 2 heteroatoms. The Morgan fingerprint density at radius 3 is 2.67 bits per heavy atom. The van der Waals surface area contributed by atoms with Crippen LogP contribution >= 0.6 is 22.6 Å². The molecule has 1 rings (SSSR count). The van der Waals surface area contributed by atoms with Gasteiger partial charge in [0.15, 0.2) is 0 Å². The van der Waals surface area contributed by atoms with Crippen LogP contribution in [0.15, 0.2) is 18.2 Å². The van der Waals surface area contributed by atoms with E-state index in [1.807, 2.05) is 6.92 Å². The van der Waals surface area contributed by atoms with Crippen molar-refractivity contribution >= 4 is 22.6 Å². The van der Waals surface area contributed by atoms with Crippen LogP contribution in [0.5, 0.6) is 0 Å². The fraction of sp³-hybridized carbons (Fsp3) is 0.400. The van der Waals surface area contributed by atoms with Crippen molar-refractivity contribution in [3.05, 3.63) is 32.9 Å². The van der Waals surface area contributed by atoms with Gasteiger partial charge in [-0.1, -0.05) is 19.1 Å². The molecule has 12 heavy (non-hydrogen) atoms. The van der Waals surface area contributed by atoms with Crippen LogP contribution in [-0.2, 0) is 6.42 Å². The third kappa shape index (κ3) is 2.20. The Labute approximate surface area is 87.5 Å². The third-order valence-corrected chi connectivity index (χ3v) is 3.03. The highest BCUT2D eigenvalue weighted by molar-refractivity contribution is 14.1. The van der Waals surface area contributed by atoms with Gasteiger partial charge in [0, 0.05) is 9.61 Å². The Balaban J connectivity index is 3.05. The van der Waals surface area contributed by atoms with Gasteiger partial charge >= 0.3 is 0 Å². The van der Waals surface area contributed by atoms with Crippen LogP contribution in [0, 0.1) is 3.57 Å². The van der Waals surface area contributed by atoms with Crippen LogP contribution in [0.4, 0.5) is 0 Å². The van der Waals surface area contributed by atoms with Crippen molar-refractivity contribution in [1.82, 2.24) is 0 Å². The lowest BCUT2D eigenvalue weighted by Gasteiger charge is -2.08. The maximum atomic E-state index is 5.78. The van der Waals surface area contributed by atoms with Gasteiger partial charge in [-0.25, -0.2) is 0 Å². The van der Waals surface area contributed by atoms with E-state index in [1.54, 1.807) is 0 Å². The predicted octanol–water partition coefficient (Wildman–Crippen LogP) is 2.87. The lowest BCUT2D eigenvalue weighted by Crippen LogP contribution is -2.05. The maximum Gasteiger partial charge on any atom is 0.0266 e. The van der Waals surface area contributed by atoms with E-state index < -0.39 is 0 Å². The largest absolute Gasteiger partial charge is 0.324 e. The average molecular weight is 275 g/mol. The topological polar surface area (TPSA) is 26.0 Å². The normalized spacial score (nSPS) is 13.0. The number of hydrogen-bond acceptors (Lipinski definition) is 1. The molecule has 1 nitrogen and oxygen atoms in total. The molecule has 0 aliphatic rings. The Hall–Kier alpha value is -0.0900. The average Bonchev–Trinajstić information content (AvgIpc) is 2.05. The SMILES string of the molecule is CCc1cc([C@H](C)N)ccc1I. The summed E-state index contributed by atoms with van der Waals surface area (Å²) in [4.78, 5) is 0. The minimum atomic E-state index is 0.146. The molecule has 0 unspecified atom stereocenters. The Bertz CT molecular complexity index is 269. The van der Waals surface area contributed by atoms with Crippen molar-refractivity contribution < 1.29 is 0 Å². The second kappa shape index (κ2) is 4.23. The van der Waals surface area contributed by atoms with Gasteiger partial charge in [-0.05, 0) is 53.1 Å². The Morgan fingerprint density at radius 2 is 2.17 bits per heavy atom. The number of rotatable bonds is 2. The van der Waals surface area contributed by atoms with E-state index in [9.17, 15) is 0 Å². The molecule has 0 saturated heterocycles. The second-order valence-corrected chi connectivity index (χ2v) is 4.16. The van der Waals surface area contributed by atoms with Gasteiger partial charge in [0.2, 0.25) is 0 Å². The second-order valence-electron chi connectivity index (χ2n) is 2.99. The number of aryl methyl sites for hydroxylation is 1. The minimum Gasteiger partial charge on any atom is -0.324 e. The van der Waals surface area contributed by atoms with E-state index in [2.05, 4.69) is 47.7 Å². The molecule has 0 aliphatic heterocycles. The van der Waals surface area contributed by atoms with Crippen molar-refractivity contribution in [1.29, 1.82) is 0 Å². The Kier molecular flexibility index (Phi) is 3.53. The standard InChI is InChI=1S/C10H14IN/c1-3-8-6-9(7(2)12)4-5-10(8)11/h4-7H,3,12H2,1-2H3/t7-/m0/s1. The van der Waals surface area contributed by atoms with Crippen molar-refractivity contribution in [3.63, 3.8) is 0 Å². The van der Waals surface area contributed by atoms with Gasteiger partial charge in [0.05, 0.1) is 0 Å². The summed E-state index contributed by atoms with van der Waals surface area (Å²) in [5.74, 6) is 0. The monoisotopic (exact) mass is 275 g/mol. The lowest BCUT2D eigenvalue weighted by atomic mass is 10.0. The summed E-state index contributed by atoms with van der Waals surface area (Å²) in [5, 5.41) is 0. The quantitative estimate of drug-likeness (QED) is 0.825. The van der Waals surface area contributed by atoms with Crippen molar-refractivity contribution in [2.45, 2.75) is 26.3 Å². The fourth-order valence-corrected chi connectivity index (χ4v) is 1.87. The van der Waals surface area contributed by atoms with Crippen molar-refractivity contribution in [3.8, 4) is 0 Å². The third-order valence-electron chi connectivity index (χ3n) is 1.98. The summed E-state index contributed by atoms with van der Waals surface area (Å²) in [5.41, 5.74) is 8.41. The first-order chi connectivity index (χ1) is 5.65. The first kappa shape index (κ1) is 9.99. The molecule has 0 saturated carbocycles. The minimum absolute atomic E-state index is 0.146. The van der Waals surface area contributed by atoms with E-state index in [0.29, 0.717) is 0 Å². The molecular formula is C10H14IN. The first-order valence-corrected chi connectivity index (χ1v) is 5.27. The number of hydrogen-bond donors (Lipinski definition) is 1. The molecule has 0 fully saturated rings. The van der Waals surface area contributed by atoms with Gasteiger partial charge in [-0.15, -0.1) is 0 Å². The molecule has 1 atom stereocenters. The molecule has 0 spiro atoms. The van der Waals surface area contributed by atoms with Crippen molar-refractivity contribution in [2.75, 3.05) is 0 Å². The van der Waals surface area contributed by atoms with E-state index in [0.717, 1.165) is 6.42 Å². The zero-order valence-electron chi connectivity index (χ0n) is 7.47.